The van der Waals surface area contributed by atoms with Crippen LogP contribution in [0.5, 0.6) is 11.5 Å². The number of nitrogens with zero attached hydrogens (tertiary/aromatic N) is 1. The van der Waals surface area contributed by atoms with Crippen LogP contribution in [0.4, 0.5) is 5.69 Å². The molecule has 19 heavy (non-hydrogen) atoms. The van der Waals surface area contributed by atoms with Crippen LogP contribution >= 0.6 is 0 Å². The lowest BCUT2D eigenvalue weighted by molar-refractivity contribution is -0.117. The Morgan fingerprint density at radius 1 is 1.37 bits per heavy atom. The second-order valence-electron chi connectivity index (χ2n) is 4.46. The summed E-state index contributed by atoms with van der Waals surface area (Å²) < 4.78 is 10.5. The van der Waals surface area contributed by atoms with Gasteiger partial charge in [-0.1, -0.05) is 0 Å². The Morgan fingerprint density at radius 2 is 2.16 bits per heavy atom. The molecule has 0 spiro atoms. The summed E-state index contributed by atoms with van der Waals surface area (Å²) >= 11 is 0. The van der Waals surface area contributed by atoms with Gasteiger partial charge in [0.2, 0.25) is 12.7 Å². The van der Waals surface area contributed by atoms with Gasteiger partial charge in [0.1, 0.15) is 0 Å². The summed E-state index contributed by atoms with van der Waals surface area (Å²) in [5.41, 5.74) is 0.719. The predicted octanol–water partition coefficient (Wildman–Crippen LogP) is 0.505. The van der Waals surface area contributed by atoms with E-state index in [9.17, 15) is 4.79 Å². The molecule has 2 rings (SSSR count). The maximum absolute atomic E-state index is 11.8. The van der Waals surface area contributed by atoms with Crippen LogP contribution in [-0.2, 0) is 4.79 Å². The number of nitrogens with one attached hydrogen (secondary N) is 2. The fourth-order valence-electron chi connectivity index (χ4n) is 1.80. The molecule has 1 aromatic carbocycles. The van der Waals surface area contributed by atoms with E-state index in [4.69, 9.17) is 9.47 Å². The van der Waals surface area contributed by atoms with Gasteiger partial charge in [0.25, 0.3) is 0 Å². The van der Waals surface area contributed by atoms with E-state index in [-0.39, 0.29) is 12.7 Å². The molecule has 0 radical (unpaired) electrons. The van der Waals surface area contributed by atoms with Gasteiger partial charge in [-0.05, 0) is 26.2 Å². The molecular weight excluding hydrogens is 246 g/mol. The Bertz CT molecular complexity index is 451. The second-order valence-corrected chi connectivity index (χ2v) is 4.46. The molecule has 0 atom stereocenters. The van der Waals surface area contributed by atoms with Gasteiger partial charge in [0, 0.05) is 24.8 Å². The maximum atomic E-state index is 11.8. The monoisotopic (exact) mass is 265 g/mol. The Morgan fingerprint density at radius 3 is 2.95 bits per heavy atom. The fraction of sp³-hybridized carbons (Fsp3) is 0.462. The van der Waals surface area contributed by atoms with Crippen molar-refractivity contribution in [2.24, 2.45) is 0 Å². The molecule has 0 saturated heterocycles. The Labute approximate surface area is 112 Å². The van der Waals surface area contributed by atoms with Crippen LogP contribution < -0.4 is 20.1 Å². The summed E-state index contributed by atoms with van der Waals surface area (Å²) in [4.78, 5) is 13.8. The van der Waals surface area contributed by atoms with E-state index in [1.807, 2.05) is 19.0 Å². The van der Waals surface area contributed by atoms with Gasteiger partial charge in [0.15, 0.2) is 11.5 Å². The highest BCUT2D eigenvalue weighted by Gasteiger charge is 2.14. The lowest BCUT2D eigenvalue weighted by Crippen LogP contribution is -2.34. The summed E-state index contributed by atoms with van der Waals surface area (Å²) in [5.74, 6) is 1.34. The van der Waals surface area contributed by atoms with Crippen molar-refractivity contribution in [3.8, 4) is 11.5 Å². The molecule has 2 N–H and O–H groups in total. The first kappa shape index (κ1) is 13.6. The number of carbonyl (C=O) groups excluding carboxylic acids is 1. The normalized spacial score (nSPS) is 12.8. The minimum absolute atomic E-state index is 0.0440. The largest absolute Gasteiger partial charge is 0.454 e. The fourth-order valence-corrected chi connectivity index (χ4v) is 1.80. The lowest BCUT2D eigenvalue weighted by atomic mass is 10.2. The molecule has 0 aromatic heterocycles. The van der Waals surface area contributed by atoms with Crippen LogP contribution in [0.3, 0.4) is 0 Å². The number of hydrogen-bond donors (Lipinski definition) is 2. The van der Waals surface area contributed by atoms with E-state index >= 15 is 0 Å². The quantitative estimate of drug-likeness (QED) is 0.784. The van der Waals surface area contributed by atoms with Crippen molar-refractivity contribution in [2.45, 2.75) is 0 Å². The smallest absolute Gasteiger partial charge is 0.238 e. The number of rotatable bonds is 6. The van der Waals surface area contributed by atoms with Crippen LogP contribution in [-0.4, -0.2) is 51.3 Å². The topological polar surface area (TPSA) is 62.8 Å². The average Bonchev–Trinajstić information content (AvgIpc) is 2.83. The molecule has 1 aliphatic heterocycles. The first-order valence-electron chi connectivity index (χ1n) is 6.21. The SMILES string of the molecule is CNCCN(C)CC(=O)Nc1ccc2c(c1)OCO2. The average molecular weight is 265 g/mol. The summed E-state index contributed by atoms with van der Waals surface area (Å²) in [6.45, 7) is 2.27. The van der Waals surface area contributed by atoms with E-state index in [2.05, 4.69) is 10.6 Å². The zero-order chi connectivity index (χ0) is 13.7. The number of anilines is 1. The summed E-state index contributed by atoms with van der Waals surface area (Å²) in [6, 6.07) is 5.37. The molecule has 0 aliphatic carbocycles. The molecule has 1 aliphatic rings. The lowest BCUT2D eigenvalue weighted by Gasteiger charge is -2.15. The van der Waals surface area contributed by atoms with Crippen molar-refractivity contribution in [1.29, 1.82) is 0 Å². The molecule has 0 bridgehead atoms. The molecular formula is C13H19N3O3. The third-order valence-electron chi connectivity index (χ3n) is 2.81. The number of benzene rings is 1. The second kappa shape index (κ2) is 6.40. The minimum atomic E-state index is -0.0440. The first-order valence-corrected chi connectivity index (χ1v) is 6.21. The van der Waals surface area contributed by atoms with Crippen molar-refractivity contribution >= 4 is 11.6 Å². The van der Waals surface area contributed by atoms with Crippen LogP contribution in [0, 0.1) is 0 Å². The zero-order valence-electron chi connectivity index (χ0n) is 11.2. The van der Waals surface area contributed by atoms with Gasteiger partial charge in [-0.3, -0.25) is 9.69 Å². The van der Waals surface area contributed by atoms with E-state index in [0.717, 1.165) is 18.8 Å². The molecule has 0 saturated carbocycles. The van der Waals surface area contributed by atoms with Gasteiger partial charge < -0.3 is 20.1 Å². The number of likely N-dealkylation sites (N-methyl/N-ethyl adjacent to an activating group) is 2. The molecule has 0 unspecified atom stereocenters. The third kappa shape index (κ3) is 3.84. The van der Waals surface area contributed by atoms with Gasteiger partial charge in [-0.25, -0.2) is 0 Å². The highest BCUT2D eigenvalue weighted by Crippen LogP contribution is 2.34. The molecule has 104 valence electrons. The molecule has 1 aromatic rings. The number of amides is 1. The number of hydrogen-bond acceptors (Lipinski definition) is 5. The van der Waals surface area contributed by atoms with Crippen molar-refractivity contribution in [2.75, 3.05) is 45.8 Å². The van der Waals surface area contributed by atoms with E-state index in [1.165, 1.54) is 0 Å². The number of fused-ring (bicyclic) bond motifs is 1. The number of carbonyl (C=O) groups is 1. The predicted molar refractivity (Wildman–Crippen MR) is 72.6 cm³/mol. The molecule has 1 heterocycles. The van der Waals surface area contributed by atoms with Crippen LogP contribution in [0.1, 0.15) is 0 Å². The van der Waals surface area contributed by atoms with Crippen LogP contribution in [0.15, 0.2) is 18.2 Å². The van der Waals surface area contributed by atoms with Crippen molar-refractivity contribution in [3.05, 3.63) is 18.2 Å². The van der Waals surface area contributed by atoms with Gasteiger partial charge in [-0.2, -0.15) is 0 Å². The highest BCUT2D eigenvalue weighted by atomic mass is 16.7. The molecule has 6 heteroatoms. The standard InChI is InChI=1S/C13H19N3O3/c1-14-5-6-16(2)8-13(17)15-10-3-4-11-12(7-10)19-9-18-11/h3-4,7,14H,5-6,8-9H2,1-2H3,(H,15,17). The Hall–Kier alpha value is -1.79. The van der Waals surface area contributed by atoms with Gasteiger partial charge in [-0.15, -0.1) is 0 Å². The minimum Gasteiger partial charge on any atom is -0.454 e. The summed E-state index contributed by atoms with van der Waals surface area (Å²) in [5, 5.41) is 5.89. The Balaban J connectivity index is 1.85. The third-order valence-corrected chi connectivity index (χ3v) is 2.81. The van der Waals surface area contributed by atoms with E-state index in [1.54, 1.807) is 18.2 Å². The van der Waals surface area contributed by atoms with Crippen molar-refractivity contribution < 1.29 is 14.3 Å². The molecule has 1 amide bonds. The Kier molecular flexibility index (Phi) is 4.59. The summed E-state index contributed by atoms with van der Waals surface area (Å²) in [6.07, 6.45) is 0. The zero-order valence-corrected chi connectivity index (χ0v) is 11.2. The molecule has 0 fully saturated rings. The van der Waals surface area contributed by atoms with Crippen LogP contribution in [0.2, 0.25) is 0 Å². The summed E-state index contributed by atoms with van der Waals surface area (Å²) in [7, 11) is 3.80. The van der Waals surface area contributed by atoms with E-state index in [0.29, 0.717) is 18.0 Å². The number of ether oxygens (including phenoxy) is 2. The van der Waals surface area contributed by atoms with Gasteiger partial charge in [0.05, 0.1) is 6.54 Å². The van der Waals surface area contributed by atoms with Crippen LogP contribution in [0.25, 0.3) is 0 Å². The maximum Gasteiger partial charge on any atom is 0.238 e. The first-order chi connectivity index (χ1) is 9.19. The van der Waals surface area contributed by atoms with Crippen molar-refractivity contribution in [3.63, 3.8) is 0 Å². The van der Waals surface area contributed by atoms with Crippen molar-refractivity contribution in [1.82, 2.24) is 10.2 Å². The highest BCUT2D eigenvalue weighted by molar-refractivity contribution is 5.92. The van der Waals surface area contributed by atoms with E-state index < -0.39 is 0 Å². The van der Waals surface area contributed by atoms with Gasteiger partial charge >= 0.3 is 0 Å². The molecule has 6 nitrogen and oxygen atoms in total.